The van der Waals surface area contributed by atoms with E-state index in [0.717, 1.165) is 0 Å². The van der Waals surface area contributed by atoms with Crippen molar-refractivity contribution in [1.29, 1.82) is 0 Å². The number of hydrogen-bond donors (Lipinski definition) is 1. The van der Waals surface area contributed by atoms with Crippen molar-refractivity contribution in [3.63, 3.8) is 0 Å². The average Bonchev–Trinajstić information content (AvgIpc) is 3.14. The number of imidazole rings is 1. The van der Waals surface area contributed by atoms with Gasteiger partial charge in [-0.1, -0.05) is 41.6 Å². The summed E-state index contributed by atoms with van der Waals surface area (Å²) in [4.78, 5) is 26.0. The first-order valence-corrected chi connectivity index (χ1v) is 11.7. The van der Waals surface area contributed by atoms with Crippen molar-refractivity contribution in [3.05, 3.63) is 47.6 Å². The lowest BCUT2D eigenvalue weighted by atomic mass is 10.3. The quantitative estimate of drug-likeness (QED) is 0.597. The Morgan fingerprint density at radius 3 is 2.62 bits per heavy atom. The van der Waals surface area contributed by atoms with E-state index < -0.39 is 10.0 Å². The first-order chi connectivity index (χ1) is 13.9. The Labute approximate surface area is 177 Å². The Kier molecular flexibility index (Phi) is 5.77. The van der Waals surface area contributed by atoms with Crippen LogP contribution >= 0.6 is 23.4 Å². The zero-order chi connectivity index (χ0) is 20.4. The highest BCUT2D eigenvalue weighted by Gasteiger charge is 2.30. The Morgan fingerprint density at radius 1 is 1.17 bits per heavy atom. The molecule has 3 heterocycles. The number of nitrogens with one attached hydrogen (secondary N) is 1. The van der Waals surface area contributed by atoms with Crippen LogP contribution in [0.3, 0.4) is 0 Å². The van der Waals surface area contributed by atoms with Crippen molar-refractivity contribution < 1.29 is 13.2 Å². The molecule has 8 nitrogen and oxygen atoms in total. The molecule has 2 aromatic heterocycles. The Balaban J connectivity index is 1.33. The number of pyridine rings is 1. The van der Waals surface area contributed by atoms with Crippen LogP contribution in [0.4, 0.5) is 0 Å². The molecule has 1 aliphatic heterocycles. The van der Waals surface area contributed by atoms with Gasteiger partial charge in [0.05, 0.1) is 21.2 Å². The van der Waals surface area contributed by atoms with Crippen LogP contribution in [-0.4, -0.2) is 70.4 Å². The Bertz CT molecular complexity index is 1130. The highest BCUT2D eigenvalue weighted by molar-refractivity contribution is 7.99. The molecule has 0 radical (unpaired) electrons. The predicted molar refractivity (Wildman–Crippen MR) is 111 cm³/mol. The van der Waals surface area contributed by atoms with Crippen LogP contribution < -0.4 is 0 Å². The fourth-order valence-corrected chi connectivity index (χ4v) is 5.44. The lowest BCUT2D eigenvalue weighted by molar-refractivity contribution is -0.129. The molecule has 1 amide bonds. The smallest absolute Gasteiger partial charge is 0.243 e. The molecule has 1 aliphatic rings. The minimum absolute atomic E-state index is 0.0572. The number of rotatable bonds is 5. The van der Waals surface area contributed by atoms with E-state index in [0.29, 0.717) is 34.4 Å². The number of hydrogen-bond acceptors (Lipinski definition) is 6. The van der Waals surface area contributed by atoms with Gasteiger partial charge in [-0.2, -0.15) is 4.31 Å². The third-order valence-corrected chi connectivity index (χ3v) is 7.56. The zero-order valence-corrected chi connectivity index (χ0v) is 17.7. The van der Waals surface area contributed by atoms with Gasteiger partial charge in [0.25, 0.3) is 0 Å². The molecule has 0 unspecified atom stereocenters. The van der Waals surface area contributed by atoms with E-state index in [-0.39, 0.29) is 29.6 Å². The van der Waals surface area contributed by atoms with E-state index in [1.54, 1.807) is 41.3 Å². The number of piperazine rings is 1. The Morgan fingerprint density at radius 2 is 1.90 bits per heavy atom. The van der Waals surface area contributed by atoms with Crippen LogP contribution in [0.1, 0.15) is 0 Å². The van der Waals surface area contributed by atoms with E-state index >= 15 is 0 Å². The number of sulfonamides is 1. The van der Waals surface area contributed by atoms with Crippen molar-refractivity contribution in [3.8, 4) is 0 Å². The molecule has 11 heteroatoms. The SMILES string of the molecule is O=C(CSc1nc2ncc(Cl)cc2[nH]1)N1CCN(S(=O)(=O)c2ccccc2)CC1. The summed E-state index contributed by atoms with van der Waals surface area (Å²) in [5.74, 6) is 0.150. The fourth-order valence-electron chi connectivity index (χ4n) is 3.06. The lowest BCUT2D eigenvalue weighted by Crippen LogP contribution is -2.50. The summed E-state index contributed by atoms with van der Waals surface area (Å²) < 4.78 is 26.8. The van der Waals surface area contributed by atoms with E-state index in [4.69, 9.17) is 11.6 Å². The first kappa shape index (κ1) is 20.1. The molecule has 0 saturated carbocycles. The van der Waals surface area contributed by atoms with Gasteiger partial charge < -0.3 is 9.88 Å². The number of carbonyl (C=O) groups is 1. The maximum atomic E-state index is 12.7. The van der Waals surface area contributed by atoms with Crippen molar-refractivity contribution in [2.24, 2.45) is 0 Å². The summed E-state index contributed by atoms with van der Waals surface area (Å²) in [5.41, 5.74) is 1.26. The molecular formula is C18H18ClN5O3S2. The van der Waals surface area contributed by atoms with Gasteiger partial charge in [-0.15, -0.1) is 0 Å². The molecule has 4 rings (SSSR count). The number of carbonyl (C=O) groups excluding carboxylic acids is 1. The molecular weight excluding hydrogens is 434 g/mol. The second-order valence-electron chi connectivity index (χ2n) is 6.45. The summed E-state index contributed by atoms with van der Waals surface area (Å²) in [6.45, 7) is 1.28. The third kappa shape index (κ3) is 4.40. The van der Waals surface area contributed by atoms with E-state index in [9.17, 15) is 13.2 Å². The van der Waals surface area contributed by atoms with Crippen molar-refractivity contribution >= 4 is 50.5 Å². The lowest BCUT2D eigenvalue weighted by Gasteiger charge is -2.34. The number of aromatic amines is 1. The standard InChI is InChI=1S/C18H18ClN5O3S2/c19-13-10-15-17(20-11-13)22-18(21-15)28-12-16(25)23-6-8-24(9-7-23)29(26,27)14-4-2-1-3-5-14/h1-5,10-11H,6-9,12H2,(H,20,21,22). The molecule has 1 aromatic carbocycles. The molecule has 152 valence electrons. The number of benzene rings is 1. The topological polar surface area (TPSA) is 99.3 Å². The van der Waals surface area contributed by atoms with Gasteiger partial charge in [0, 0.05) is 32.4 Å². The molecule has 1 fully saturated rings. The number of thioether (sulfide) groups is 1. The number of fused-ring (bicyclic) bond motifs is 1. The normalized spacial score (nSPS) is 15.7. The summed E-state index contributed by atoms with van der Waals surface area (Å²) >= 11 is 7.20. The number of H-pyrrole nitrogens is 1. The van der Waals surface area contributed by atoms with Crippen LogP contribution in [0, 0.1) is 0 Å². The van der Waals surface area contributed by atoms with Gasteiger partial charge in [0.2, 0.25) is 15.9 Å². The van der Waals surface area contributed by atoms with E-state index in [1.807, 2.05) is 0 Å². The number of nitrogens with zero attached hydrogens (tertiary/aromatic N) is 4. The maximum absolute atomic E-state index is 12.7. The van der Waals surface area contributed by atoms with Crippen molar-refractivity contribution in [2.75, 3.05) is 31.9 Å². The van der Waals surface area contributed by atoms with Crippen LogP contribution in [0.5, 0.6) is 0 Å². The highest BCUT2D eigenvalue weighted by Crippen LogP contribution is 2.22. The summed E-state index contributed by atoms with van der Waals surface area (Å²) in [6.07, 6.45) is 1.52. The summed E-state index contributed by atoms with van der Waals surface area (Å²) in [5, 5.41) is 1.10. The first-order valence-electron chi connectivity index (χ1n) is 8.90. The number of aromatic nitrogens is 3. The molecule has 29 heavy (non-hydrogen) atoms. The van der Waals surface area contributed by atoms with Crippen molar-refractivity contribution in [1.82, 2.24) is 24.2 Å². The third-order valence-electron chi connectivity index (χ3n) is 4.59. The van der Waals surface area contributed by atoms with Gasteiger partial charge in [-0.25, -0.2) is 18.4 Å². The molecule has 3 aromatic rings. The highest BCUT2D eigenvalue weighted by atomic mass is 35.5. The Hall–Kier alpha value is -2.14. The van der Waals surface area contributed by atoms with E-state index in [1.165, 1.54) is 22.3 Å². The molecule has 0 atom stereocenters. The summed E-state index contributed by atoms with van der Waals surface area (Å²) in [6, 6.07) is 10.1. The number of amides is 1. The average molecular weight is 452 g/mol. The van der Waals surface area contributed by atoms with Gasteiger partial charge in [0.15, 0.2) is 10.8 Å². The van der Waals surface area contributed by atoms with Gasteiger partial charge in [0.1, 0.15) is 0 Å². The van der Waals surface area contributed by atoms with Crippen LogP contribution in [0.25, 0.3) is 11.2 Å². The molecule has 0 bridgehead atoms. The van der Waals surface area contributed by atoms with Gasteiger partial charge in [-0.05, 0) is 18.2 Å². The van der Waals surface area contributed by atoms with Crippen LogP contribution in [-0.2, 0) is 14.8 Å². The molecule has 1 saturated heterocycles. The molecule has 0 spiro atoms. The van der Waals surface area contributed by atoms with Crippen LogP contribution in [0.2, 0.25) is 5.02 Å². The van der Waals surface area contributed by atoms with Crippen molar-refractivity contribution in [2.45, 2.75) is 10.1 Å². The maximum Gasteiger partial charge on any atom is 0.243 e. The van der Waals surface area contributed by atoms with Gasteiger partial charge >= 0.3 is 0 Å². The minimum Gasteiger partial charge on any atom is -0.339 e. The minimum atomic E-state index is -3.53. The summed E-state index contributed by atoms with van der Waals surface area (Å²) in [7, 11) is -3.53. The fraction of sp³-hybridized carbons (Fsp3) is 0.278. The second-order valence-corrected chi connectivity index (χ2v) is 9.79. The molecule has 1 N–H and O–H groups in total. The largest absolute Gasteiger partial charge is 0.339 e. The second kappa shape index (κ2) is 8.31. The predicted octanol–water partition coefficient (Wildman–Crippen LogP) is 2.24. The van der Waals surface area contributed by atoms with Crippen LogP contribution in [0.15, 0.2) is 52.6 Å². The van der Waals surface area contributed by atoms with Gasteiger partial charge in [-0.3, -0.25) is 4.79 Å². The zero-order valence-electron chi connectivity index (χ0n) is 15.3. The molecule has 0 aliphatic carbocycles. The number of halogens is 1. The van der Waals surface area contributed by atoms with E-state index in [2.05, 4.69) is 15.0 Å². The monoisotopic (exact) mass is 451 g/mol.